The highest BCUT2D eigenvalue weighted by molar-refractivity contribution is 4.94. The highest BCUT2D eigenvalue weighted by atomic mass is 15.2. The van der Waals surface area contributed by atoms with E-state index in [0.29, 0.717) is 0 Å². The number of hydrogen-bond acceptors (Lipinski definition) is 2. The molecule has 1 saturated carbocycles. The Morgan fingerprint density at radius 1 is 1.19 bits per heavy atom. The van der Waals surface area contributed by atoms with Gasteiger partial charge in [-0.1, -0.05) is 26.7 Å². The molecule has 0 aromatic heterocycles. The van der Waals surface area contributed by atoms with Gasteiger partial charge in [-0.25, -0.2) is 0 Å². The van der Waals surface area contributed by atoms with E-state index < -0.39 is 0 Å². The van der Waals surface area contributed by atoms with E-state index >= 15 is 0 Å². The minimum absolute atomic E-state index is 0.747. The largest absolute Gasteiger partial charge is 0.311 e. The number of nitrogens with zero attached hydrogens (tertiary/aromatic N) is 1. The Bertz CT molecular complexity index is 201. The molecule has 1 saturated heterocycles. The lowest BCUT2D eigenvalue weighted by Gasteiger charge is -2.40. The smallest absolute Gasteiger partial charge is 0.0249 e. The minimum Gasteiger partial charge on any atom is -0.311 e. The van der Waals surface area contributed by atoms with E-state index in [1.807, 2.05) is 0 Å². The maximum absolute atomic E-state index is 3.72. The Morgan fingerprint density at radius 3 is 2.62 bits per heavy atom. The van der Waals surface area contributed by atoms with Gasteiger partial charge in [-0.3, -0.25) is 4.90 Å². The molecule has 0 aromatic rings. The first kappa shape index (κ1) is 12.4. The molecular formula is C14H28N2. The molecule has 0 spiro atoms. The van der Waals surface area contributed by atoms with Gasteiger partial charge >= 0.3 is 0 Å². The lowest BCUT2D eigenvalue weighted by atomic mass is 10.0. The van der Waals surface area contributed by atoms with E-state index in [0.717, 1.165) is 18.0 Å². The van der Waals surface area contributed by atoms with Gasteiger partial charge in [0.1, 0.15) is 0 Å². The molecule has 0 amide bonds. The first-order chi connectivity index (χ1) is 7.85. The Kier molecular flexibility index (Phi) is 4.66. The van der Waals surface area contributed by atoms with Crippen molar-refractivity contribution in [2.45, 2.75) is 64.5 Å². The van der Waals surface area contributed by atoms with Gasteiger partial charge in [0.05, 0.1) is 0 Å². The molecular weight excluding hydrogens is 196 g/mol. The van der Waals surface area contributed by atoms with Gasteiger partial charge in [0.25, 0.3) is 0 Å². The summed E-state index contributed by atoms with van der Waals surface area (Å²) < 4.78 is 0. The van der Waals surface area contributed by atoms with Crippen LogP contribution < -0.4 is 5.32 Å². The van der Waals surface area contributed by atoms with Crippen molar-refractivity contribution in [2.24, 2.45) is 5.92 Å². The predicted molar refractivity (Wildman–Crippen MR) is 69.7 cm³/mol. The summed E-state index contributed by atoms with van der Waals surface area (Å²) in [5.41, 5.74) is 0. The van der Waals surface area contributed by atoms with Gasteiger partial charge in [-0.05, 0) is 38.1 Å². The van der Waals surface area contributed by atoms with E-state index in [2.05, 4.69) is 24.1 Å². The van der Waals surface area contributed by atoms with Crippen molar-refractivity contribution in [3.05, 3.63) is 0 Å². The standard InChI is InChI=1S/C14H28N2/c1-3-5-6-9-16-11-13(4-2)15-10-14(16)12-7-8-12/h12-15H,3-11H2,1-2H3. The molecule has 2 nitrogen and oxygen atoms in total. The Morgan fingerprint density at radius 2 is 2.00 bits per heavy atom. The van der Waals surface area contributed by atoms with Crippen molar-refractivity contribution < 1.29 is 0 Å². The molecule has 2 rings (SSSR count). The van der Waals surface area contributed by atoms with Crippen LogP contribution in [-0.2, 0) is 0 Å². The minimum atomic E-state index is 0.747. The zero-order valence-electron chi connectivity index (χ0n) is 11.0. The van der Waals surface area contributed by atoms with Crippen molar-refractivity contribution >= 4 is 0 Å². The van der Waals surface area contributed by atoms with Gasteiger partial charge in [0, 0.05) is 25.2 Å². The molecule has 0 bridgehead atoms. The fraction of sp³-hybridized carbons (Fsp3) is 1.00. The molecule has 0 radical (unpaired) electrons. The fourth-order valence-electron chi connectivity index (χ4n) is 2.94. The first-order valence-corrected chi connectivity index (χ1v) is 7.32. The van der Waals surface area contributed by atoms with Gasteiger partial charge in [-0.2, -0.15) is 0 Å². The van der Waals surface area contributed by atoms with Crippen molar-refractivity contribution in [1.29, 1.82) is 0 Å². The van der Waals surface area contributed by atoms with Crippen molar-refractivity contribution in [3.8, 4) is 0 Å². The first-order valence-electron chi connectivity index (χ1n) is 7.32. The molecule has 16 heavy (non-hydrogen) atoms. The Balaban J connectivity index is 1.81. The van der Waals surface area contributed by atoms with E-state index in [4.69, 9.17) is 0 Å². The predicted octanol–water partition coefficient (Wildman–Crippen LogP) is 2.64. The van der Waals surface area contributed by atoms with Gasteiger partial charge in [0.2, 0.25) is 0 Å². The maximum Gasteiger partial charge on any atom is 0.0249 e. The summed E-state index contributed by atoms with van der Waals surface area (Å²) in [6.07, 6.45) is 8.38. The van der Waals surface area contributed by atoms with Gasteiger partial charge in [0.15, 0.2) is 0 Å². The van der Waals surface area contributed by atoms with Crippen LogP contribution in [0.5, 0.6) is 0 Å². The van der Waals surface area contributed by atoms with Gasteiger partial charge < -0.3 is 5.32 Å². The quantitative estimate of drug-likeness (QED) is 0.698. The zero-order valence-corrected chi connectivity index (χ0v) is 11.0. The van der Waals surface area contributed by atoms with Crippen LogP contribution in [-0.4, -0.2) is 36.6 Å². The molecule has 1 N–H and O–H groups in total. The van der Waals surface area contributed by atoms with E-state index in [1.54, 1.807) is 0 Å². The number of hydrogen-bond donors (Lipinski definition) is 1. The Hall–Kier alpha value is -0.0800. The lowest BCUT2D eigenvalue weighted by molar-refractivity contribution is 0.111. The third-order valence-corrected chi connectivity index (χ3v) is 4.25. The zero-order chi connectivity index (χ0) is 11.4. The average Bonchev–Trinajstić information content (AvgIpc) is 3.13. The van der Waals surface area contributed by atoms with Crippen LogP contribution in [0.2, 0.25) is 0 Å². The highest BCUT2D eigenvalue weighted by Crippen LogP contribution is 2.36. The summed E-state index contributed by atoms with van der Waals surface area (Å²) in [4.78, 5) is 2.79. The second-order valence-corrected chi connectivity index (χ2v) is 5.62. The number of unbranched alkanes of at least 4 members (excludes halogenated alkanes) is 2. The van der Waals surface area contributed by atoms with Crippen LogP contribution in [0.3, 0.4) is 0 Å². The summed E-state index contributed by atoms with van der Waals surface area (Å²) in [5, 5.41) is 3.72. The second-order valence-electron chi connectivity index (χ2n) is 5.62. The van der Waals surface area contributed by atoms with Crippen molar-refractivity contribution in [3.63, 3.8) is 0 Å². The van der Waals surface area contributed by atoms with Crippen LogP contribution in [0.15, 0.2) is 0 Å². The van der Waals surface area contributed by atoms with E-state index in [1.165, 1.54) is 58.2 Å². The van der Waals surface area contributed by atoms with Crippen LogP contribution in [0, 0.1) is 5.92 Å². The summed E-state index contributed by atoms with van der Waals surface area (Å²) in [5.74, 6) is 1.02. The van der Waals surface area contributed by atoms with Gasteiger partial charge in [-0.15, -0.1) is 0 Å². The summed E-state index contributed by atoms with van der Waals surface area (Å²) in [6, 6.07) is 1.61. The molecule has 1 aliphatic carbocycles. The summed E-state index contributed by atoms with van der Waals surface area (Å²) >= 11 is 0. The summed E-state index contributed by atoms with van der Waals surface area (Å²) in [6.45, 7) is 8.48. The normalized spacial score (nSPS) is 31.9. The number of rotatable bonds is 6. The Labute approximate surface area is 101 Å². The van der Waals surface area contributed by atoms with Crippen LogP contribution in [0.25, 0.3) is 0 Å². The summed E-state index contributed by atoms with van der Waals surface area (Å²) in [7, 11) is 0. The van der Waals surface area contributed by atoms with E-state index in [-0.39, 0.29) is 0 Å². The topological polar surface area (TPSA) is 15.3 Å². The molecule has 2 atom stereocenters. The number of nitrogens with one attached hydrogen (secondary N) is 1. The molecule has 1 heterocycles. The van der Waals surface area contributed by atoms with Crippen LogP contribution in [0.4, 0.5) is 0 Å². The highest BCUT2D eigenvalue weighted by Gasteiger charge is 2.37. The average molecular weight is 224 g/mol. The number of piperazine rings is 1. The van der Waals surface area contributed by atoms with E-state index in [9.17, 15) is 0 Å². The van der Waals surface area contributed by atoms with Crippen molar-refractivity contribution in [1.82, 2.24) is 10.2 Å². The van der Waals surface area contributed by atoms with Crippen molar-refractivity contribution in [2.75, 3.05) is 19.6 Å². The molecule has 2 heteroatoms. The molecule has 2 aliphatic rings. The molecule has 1 aliphatic heterocycles. The molecule has 94 valence electrons. The fourth-order valence-corrected chi connectivity index (χ4v) is 2.94. The monoisotopic (exact) mass is 224 g/mol. The second kappa shape index (κ2) is 6.02. The third-order valence-electron chi connectivity index (χ3n) is 4.25. The van der Waals surface area contributed by atoms with Crippen LogP contribution >= 0.6 is 0 Å². The molecule has 0 aromatic carbocycles. The third kappa shape index (κ3) is 3.21. The van der Waals surface area contributed by atoms with Crippen LogP contribution in [0.1, 0.15) is 52.4 Å². The lowest BCUT2D eigenvalue weighted by Crippen LogP contribution is -2.57. The molecule has 2 unspecified atom stereocenters. The molecule has 2 fully saturated rings. The maximum atomic E-state index is 3.72. The SMILES string of the molecule is CCCCCN1CC(CC)NCC1C1CC1.